The summed E-state index contributed by atoms with van der Waals surface area (Å²) in [5.41, 5.74) is -3.54. The van der Waals surface area contributed by atoms with Gasteiger partial charge < -0.3 is 19.1 Å². The standard InChI is InChI=1S/C13H26NO5PS2/c1-6-13(5,12(16)17-7-2)14-11(15)10-22-20(21,18-8-3)19-9-4/h6-10H2,1-5H3,(H,14,15)/t13-/m1/s1. The molecule has 0 aliphatic rings. The van der Waals surface area contributed by atoms with Crippen LogP contribution in [0.3, 0.4) is 0 Å². The molecule has 0 radical (unpaired) electrons. The first kappa shape index (κ1) is 21.9. The number of ether oxygens (including phenoxy) is 1. The lowest BCUT2D eigenvalue weighted by molar-refractivity contribution is -0.152. The summed E-state index contributed by atoms with van der Waals surface area (Å²) in [5.74, 6) is -0.660. The molecule has 0 aromatic heterocycles. The fraction of sp³-hybridized carbons (Fsp3) is 0.846. The van der Waals surface area contributed by atoms with Crippen molar-refractivity contribution in [2.24, 2.45) is 0 Å². The molecule has 0 aliphatic carbocycles. The number of nitrogens with one attached hydrogen (secondary N) is 1. The van der Waals surface area contributed by atoms with Crippen molar-refractivity contribution in [3.05, 3.63) is 0 Å². The van der Waals surface area contributed by atoms with Crippen molar-refractivity contribution in [2.45, 2.75) is 46.6 Å². The second-order valence-corrected chi connectivity index (χ2v) is 10.8. The zero-order valence-corrected chi connectivity index (χ0v) is 16.4. The molecule has 0 bridgehead atoms. The Morgan fingerprint density at radius 2 is 1.68 bits per heavy atom. The molecule has 0 aliphatic heterocycles. The lowest BCUT2D eigenvalue weighted by atomic mass is 9.99. The van der Waals surface area contributed by atoms with Crippen LogP contribution in [0.1, 0.15) is 41.0 Å². The van der Waals surface area contributed by atoms with Gasteiger partial charge >= 0.3 is 5.97 Å². The smallest absolute Gasteiger partial charge is 0.331 e. The number of esters is 1. The van der Waals surface area contributed by atoms with Gasteiger partial charge in [-0.25, -0.2) is 4.79 Å². The Bertz CT molecular complexity index is 411. The van der Waals surface area contributed by atoms with Crippen molar-refractivity contribution in [2.75, 3.05) is 25.6 Å². The largest absolute Gasteiger partial charge is 0.464 e. The summed E-state index contributed by atoms with van der Waals surface area (Å²) in [5, 5.41) is 2.71. The average Bonchev–Trinajstić information content (AvgIpc) is 2.46. The number of rotatable bonds is 11. The first-order valence-corrected chi connectivity index (χ1v) is 11.5. The van der Waals surface area contributed by atoms with E-state index < -0.39 is 17.2 Å². The minimum Gasteiger partial charge on any atom is -0.464 e. The maximum atomic E-state index is 12.1. The van der Waals surface area contributed by atoms with Crippen LogP contribution in [0.4, 0.5) is 0 Å². The molecule has 1 N–H and O–H groups in total. The van der Waals surface area contributed by atoms with Gasteiger partial charge in [-0.1, -0.05) is 18.3 Å². The molecule has 0 aromatic carbocycles. The van der Waals surface area contributed by atoms with E-state index >= 15 is 0 Å². The van der Waals surface area contributed by atoms with E-state index in [4.69, 9.17) is 25.6 Å². The van der Waals surface area contributed by atoms with E-state index in [1.165, 1.54) is 11.4 Å². The van der Waals surface area contributed by atoms with Crippen molar-refractivity contribution >= 4 is 40.8 Å². The van der Waals surface area contributed by atoms with E-state index in [1.807, 2.05) is 20.8 Å². The summed E-state index contributed by atoms with van der Waals surface area (Å²) < 4.78 is 15.9. The fourth-order valence-electron chi connectivity index (χ4n) is 1.48. The number of hydrogen-bond acceptors (Lipinski definition) is 7. The summed E-state index contributed by atoms with van der Waals surface area (Å²) >= 11 is 6.51. The normalized spacial score (nSPS) is 14.2. The highest BCUT2D eigenvalue weighted by atomic mass is 32.9. The Hall–Kier alpha value is -0.140. The van der Waals surface area contributed by atoms with E-state index in [0.717, 1.165) is 0 Å². The summed E-state index contributed by atoms with van der Waals surface area (Å²) in [4.78, 5) is 24.0. The first-order chi connectivity index (χ1) is 10.3. The molecule has 0 unspecified atom stereocenters. The van der Waals surface area contributed by atoms with Gasteiger partial charge in [-0.2, -0.15) is 0 Å². The van der Waals surface area contributed by atoms with E-state index in [-0.39, 0.29) is 18.3 Å². The van der Waals surface area contributed by atoms with Crippen molar-refractivity contribution < 1.29 is 23.4 Å². The second-order valence-electron chi connectivity index (χ2n) is 4.51. The van der Waals surface area contributed by atoms with Crippen LogP contribution in [0.15, 0.2) is 0 Å². The summed E-state index contributed by atoms with van der Waals surface area (Å²) in [6, 6.07) is 0. The Kier molecular flexibility index (Phi) is 10.5. The zero-order valence-electron chi connectivity index (χ0n) is 13.8. The molecule has 1 atom stereocenters. The Morgan fingerprint density at radius 3 is 2.09 bits per heavy atom. The molecule has 9 heteroatoms. The quantitative estimate of drug-likeness (QED) is 0.442. The minimum atomic E-state index is -2.51. The molecule has 0 saturated heterocycles. The van der Waals surface area contributed by atoms with Gasteiger partial charge in [0.25, 0.3) is 0 Å². The van der Waals surface area contributed by atoms with E-state index in [1.54, 1.807) is 13.8 Å². The topological polar surface area (TPSA) is 73.9 Å². The van der Waals surface area contributed by atoms with Crippen LogP contribution in [0.2, 0.25) is 0 Å². The van der Waals surface area contributed by atoms with Crippen molar-refractivity contribution in [3.63, 3.8) is 0 Å². The van der Waals surface area contributed by atoms with Crippen LogP contribution >= 0.6 is 17.1 Å². The van der Waals surface area contributed by atoms with Gasteiger partial charge in [-0.15, -0.1) is 0 Å². The molecule has 0 fully saturated rings. The number of hydrogen-bond donors (Lipinski definition) is 1. The third kappa shape index (κ3) is 7.42. The van der Waals surface area contributed by atoms with Crippen LogP contribution < -0.4 is 5.32 Å². The Labute approximate surface area is 141 Å². The summed E-state index contributed by atoms with van der Waals surface area (Å²) in [7, 11) is 0. The molecule has 0 saturated carbocycles. The molecule has 0 aromatic rings. The predicted octanol–water partition coefficient (Wildman–Crippen LogP) is 2.87. The van der Waals surface area contributed by atoms with E-state index in [9.17, 15) is 9.59 Å². The third-order valence-corrected chi connectivity index (χ3v) is 8.18. The zero-order chi connectivity index (χ0) is 17.2. The highest BCUT2D eigenvalue weighted by molar-refractivity contribution is 8.68. The third-order valence-electron chi connectivity index (χ3n) is 2.78. The van der Waals surface area contributed by atoms with Crippen LogP contribution in [0.5, 0.6) is 0 Å². The van der Waals surface area contributed by atoms with Gasteiger partial charge in [-0.05, 0) is 45.9 Å². The molecular formula is C13H26NO5PS2. The lowest BCUT2D eigenvalue weighted by Gasteiger charge is -2.27. The first-order valence-electron chi connectivity index (χ1n) is 7.28. The van der Waals surface area contributed by atoms with E-state index in [2.05, 4.69) is 5.32 Å². The SMILES string of the molecule is CCOC(=O)[C@@](C)(CC)NC(=O)CSP(=S)(OCC)OCC. The molecule has 1 amide bonds. The van der Waals surface area contributed by atoms with Crippen molar-refractivity contribution in [1.29, 1.82) is 0 Å². The molecule has 6 nitrogen and oxygen atoms in total. The van der Waals surface area contributed by atoms with Gasteiger partial charge in [0.15, 0.2) is 0 Å². The van der Waals surface area contributed by atoms with Crippen LogP contribution in [0, 0.1) is 0 Å². The van der Waals surface area contributed by atoms with Gasteiger partial charge in [0, 0.05) is 0 Å². The molecule has 0 heterocycles. The molecular weight excluding hydrogens is 345 g/mol. The molecule has 22 heavy (non-hydrogen) atoms. The maximum Gasteiger partial charge on any atom is 0.331 e. The molecule has 0 spiro atoms. The monoisotopic (exact) mass is 371 g/mol. The Morgan fingerprint density at radius 1 is 1.14 bits per heavy atom. The summed E-state index contributed by atoms with van der Waals surface area (Å²) in [6.07, 6.45) is 0.438. The van der Waals surface area contributed by atoms with Crippen LogP contribution in [-0.2, 0) is 35.2 Å². The predicted molar refractivity (Wildman–Crippen MR) is 93.5 cm³/mol. The number of amides is 1. The highest BCUT2D eigenvalue weighted by Crippen LogP contribution is 2.60. The van der Waals surface area contributed by atoms with Crippen LogP contribution in [-0.4, -0.2) is 43.0 Å². The Balaban J connectivity index is 4.65. The lowest BCUT2D eigenvalue weighted by Crippen LogP contribution is -2.53. The maximum absolute atomic E-state index is 12.1. The van der Waals surface area contributed by atoms with Gasteiger partial charge in [0.2, 0.25) is 11.6 Å². The number of carbonyl (C=O) groups excluding carboxylic acids is 2. The number of carbonyl (C=O) groups is 2. The van der Waals surface area contributed by atoms with Gasteiger partial charge in [-0.3, -0.25) is 4.79 Å². The van der Waals surface area contributed by atoms with Crippen LogP contribution in [0.25, 0.3) is 0 Å². The second kappa shape index (κ2) is 10.6. The van der Waals surface area contributed by atoms with Crippen molar-refractivity contribution in [1.82, 2.24) is 5.32 Å². The van der Waals surface area contributed by atoms with Crippen molar-refractivity contribution in [3.8, 4) is 0 Å². The average molecular weight is 371 g/mol. The minimum absolute atomic E-state index is 0.0757. The van der Waals surface area contributed by atoms with E-state index in [0.29, 0.717) is 19.6 Å². The highest BCUT2D eigenvalue weighted by Gasteiger charge is 2.35. The molecule has 0 rings (SSSR count). The fourth-order valence-corrected chi connectivity index (χ4v) is 5.70. The summed E-state index contributed by atoms with van der Waals surface area (Å²) in [6.45, 7) is 9.98. The van der Waals surface area contributed by atoms with Gasteiger partial charge in [0.1, 0.15) is 5.54 Å². The van der Waals surface area contributed by atoms with Gasteiger partial charge in [0.05, 0.1) is 25.6 Å². The molecule has 130 valence electrons.